The molecule has 1 aliphatic heterocycles. The summed E-state index contributed by atoms with van der Waals surface area (Å²) >= 11 is 0. The van der Waals surface area contributed by atoms with E-state index < -0.39 is 0 Å². The average Bonchev–Trinajstić information content (AvgIpc) is 3.41. The van der Waals surface area contributed by atoms with Crippen LogP contribution in [-0.4, -0.2) is 22.6 Å². The smallest absolute Gasteiger partial charge is 0.257 e. The minimum absolute atomic E-state index is 0.157. The second kappa shape index (κ2) is 6.06. The maximum atomic E-state index is 12.7. The zero-order valence-electron chi connectivity index (χ0n) is 15.2. The van der Waals surface area contributed by atoms with Crippen LogP contribution in [0.3, 0.4) is 0 Å². The Morgan fingerprint density at radius 1 is 1.11 bits per heavy atom. The first-order valence-corrected chi connectivity index (χ1v) is 8.89. The number of nitrogens with zero attached hydrogens (tertiary/aromatic N) is 1. The number of aromatic amines is 1. The van der Waals surface area contributed by atoms with Crippen LogP contribution in [0.25, 0.3) is 33.8 Å². The van der Waals surface area contributed by atoms with E-state index in [2.05, 4.69) is 16.4 Å². The van der Waals surface area contributed by atoms with Gasteiger partial charge in [0, 0.05) is 46.6 Å². The number of methoxy groups -OCH3 is 1. The molecule has 6 nitrogen and oxygen atoms in total. The molecule has 4 aromatic rings. The van der Waals surface area contributed by atoms with Crippen LogP contribution in [0.15, 0.2) is 61.1 Å². The zero-order valence-corrected chi connectivity index (χ0v) is 15.2. The van der Waals surface area contributed by atoms with Gasteiger partial charge in [-0.15, -0.1) is 0 Å². The van der Waals surface area contributed by atoms with Crippen molar-refractivity contribution >= 4 is 40.0 Å². The number of anilines is 2. The molecule has 2 aromatic heterocycles. The van der Waals surface area contributed by atoms with E-state index in [1.54, 1.807) is 13.3 Å². The monoisotopic (exact) mass is 370 g/mol. The minimum Gasteiger partial charge on any atom is -0.495 e. The van der Waals surface area contributed by atoms with Gasteiger partial charge in [0.05, 0.1) is 18.9 Å². The van der Waals surface area contributed by atoms with E-state index in [9.17, 15) is 4.79 Å². The predicted molar refractivity (Wildman–Crippen MR) is 112 cm³/mol. The van der Waals surface area contributed by atoms with Gasteiger partial charge >= 0.3 is 0 Å². The fourth-order valence-corrected chi connectivity index (χ4v) is 3.69. The molecule has 1 aliphatic rings. The van der Waals surface area contributed by atoms with Crippen LogP contribution in [-0.2, 0) is 4.79 Å². The Kier molecular flexibility index (Phi) is 3.52. The molecule has 0 aliphatic carbocycles. The van der Waals surface area contributed by atoms with Gasteiger partial charge in [0.1, 0.15) is 5.75 Å². The second-order valence-corrected chi connectivity index (χ2v) is 6.73. The maximum Gasteiger partial charge on any atom is 0.257 e. The molecule has 28 heavy (non-hydrogen) atoms. The van der Waals surface area contributed by atoms with E-state index in [1.807, 2.05) is 59.6 Å². The standard InChI is InChI=1S/C22H18N4O2/c1-28-15-7-9-26(11-15)12-16-21-18(25-22(16)27)5-4-17(23)20(21)14-3-2-13-6-8-24-19(13)10-14/h2-12,24H,23H2,1H3,(H,25,27). The molecule has 2 aromatic carbocycles. The van der Waals surface area contributed by atoms with Crippen LogP contribution in [0.2, 0.25) is 0 Å². The highest BCUT2D eigenvalue weighted by Gasteiger charge is 2.29. The van der Waals surface area contributed by atoms with Gasteiger partial charge in [-0.3, -0.25) is 4.79 Å². The van der Waals surface area contributed by atoms with Crippen LogP contribution in [0.5, 0.6) is 5.75 Å². The van der Waals surface area contributed by atoms with Crippen molar-refractivity contribution in [1.82, 2.24) is 9.55 Å². The summed E-state index contributed by atoms with van der Waals surface area (Å²) in [6, 6.07) is 13.7. The summed E-state index contributed by atoms with van der Waals surface area (Å²) in [5, 5.41) is 4.07. The zero-order chi connectivity index (χ0) is 19.3. The van der Waals surface area contributed by atoms with E-state index in [0.717, 1.165) is 39.0 Å². The van der Waals surface area contributed by atoms with Crippen molar-refractivity contribution < 1.29 is 9.53 Å². The Bertz CT molecular complexity index is 1260. The molecular weight excluding hydrogens is 352 g/mol. The topological polar surface area (TPSA) is 85.1 Å². The molecule has 6 heteroatoms. The van der Waals surface area contributed by atoms with Gasteiger partial charge in [-0.1, -0.05) is 12.1 Å². The number of nitrogen functional groups attached to an aromatic ring is 1. The third-order valence-corrected chi connectivity index (χ3v) is 5.04. The van der Waals surface area contributed by atoms with Gasteiger partial charge in [-0.05, 0) is 41.3 Å². The van der Waals surface area contributed by atoms with Crippen molar-refractivity contribution in [1.29, 1.82) is 0 Å². The van der Waals surface area contributed by atoms with E-state index in [0.29, 0.717) is 11.3 Å². The quantitative estimate of drug-likeness (QED) is 0.374. The molecule has 0 radical (unpaired) electrons. The number of hydrogen-bond acceptors (Lipinski definition) is 3. The lowest BCUT2D eigenvalue weighted by atomic mass is 9.93. The summed E-state index contributed by atoms with van der Waals surface area (Å²) in [5.74, 6) is 0.566. The first-order valence-electron chi connectivity index (χ1n) is 8.89. The van der Waals surface area contributed by atoms with Gasteiger partial charge in [-0.25, -0.2) is 0 Å². The number of hydrogen-bond donors (Lipinski definition) is 3. The summed E-state index contributed by atoms with van der Waals surface area (Å²) in [4.78, 5) is 15.9. The van der Waals surface area contributed by atoms with Crippen molar-refractivity contribution in [3.05, 3.63) is 66.6 Å². The first-order chi connectivity index (χ1) is 13.6. The Morgan fingerprint density at radius 3 is 2.82 bits per heavy atom. The number of amides is 1. The number of carbonyl (C=O) groups is 1. The number of rotatable bonds is 3. The number of carbonyl (C=O) groups excluding carboxylic acids is 1. The third kappa shape index (κ3) is 2.46. The number of nitrogens with two attached hydrogens (primary N) is 1. The number of benzene rings is 2. The lowest BCUT2D eigenvalue weighted by Crippen LogP contribution is -2.04. The fraction of sp³-hybridized carbons (Fsp3) is 0.0455. The van der Waals surface area contributed by atoms with Crippen molar-refractivity contribution in [3.8, 4) is 16.9 Å². The summed E-state index contributed by atoms with van der Waals surface area (Å²) in [5.41, 5.74) is 11.9. The van der Waals surface area contributed by atoms with Gasteiger partial charge in [0.15, 0.2) is 0 Å². The average molecular weight is 370 g/mol. The second-order valence-electron chi connectivity index (χ2n) is 6.73. The van der Waals surface area contributed by atoms with Crippen LogP contribution < -0.4 is 15.8 Å². The van der Waals surface area contributed by atoms with Crippen LogP contribution in [0.1, 0.15) is 5.56 Å². The molecule has 138 valence electrons. The highest BCUT2D eigenvalue weighted by atomic mass is 16.5. The maximum absolute atomic E-state index is 12.7. The number of H-pyrrole nitrogens is 1. The lowest BCUT2D eigenvalue weighted by molar-refractivity contribution is -0.110. The van der Waals surface area contributed by atoms with E-state index in [-0.39, 0.29) is 5.91 Å². The van der Waals surface area contributed by atoms with Crippen molar-refractivity contribution in [2.24, 2.45) is 0 Å². The van der Waals surface area contributed by atoms with E-state index in [1.165, 1.54) is 0 Å². The van der Waals surface area contributed by atoms with Crippen LogP contribution in [0.4, 0.5) is 11.4 Å². The largest absolute Gasteiger partial charge is 0.495 e. The van der Waals surface area contributed by atoms with Gasteiger partial charge in [-0.2, -0.15) is 0 Å². The van der Waals surface area contributed by atoms with Crippen molar-refractivity contribution in [2.45, 2.75) is 0 Å². The lowest BCUT2D eigenvalue weighted by Gasteiger charge is -2.12. The van der Waals surface area contributed by atoms with Gasteiger partial charge in [0.25, 0.3) is 5.91 Å². The Labute approximate surface area is 161 Å². The number of fused-ring (bicyclic) bond motifs is 2. The van der Waals surface area contributed by atoms with Crippen LogP contribution >= 0.6 is 0 Å². The molecule has 1 amide bonds. The molecule has 0 fully saturated rings. The van der Waals surface area contributed by atoms with Gasteiger partial charge in [0.2, 0.25) is 0 Å². The number of ether oxygens (including phenoxy) is 1. The molecule has 0 unspecified atom stereocenters. The third-order valence-electron chi connectivity index (χ3n) is 5.04. The van der Waals surface area contributed by atoms with E-state index >= 15 is 0 Å². The molecule has 0 saturated carbocycles. The number of aromatic nitrogens is 2. The van der Waals surface area contributed by atoms with Crippen molar-refractivity contribution in [3.63, 3.8) is 0 Å². The molecule has 0 saturated heterocycles. The molecule has 5 rings (SSSR count). The van der Waals surface area contributed by atoms with Crippen molar-refractivity contribution in [2.75, 3.05) is 18.2 Å². The Balaban J connectivity index is 1.72. The highest BCUT2D eigenvalue weighted by Crippen LogP contribution is 2.43. The number of nitrogens with one attached hydrogen (secondary N) is 2. The molecule has 3 heterocycles. The fourth-order valence-electron chi connectivity index (χ4n) is 3.69. The van der Waals surface area contributed by atoms with Crippen LogP contribution in [0, 0.1) is 0 Å². The normalized spacial score (nSPS) is 14.5. The summed E-state index contributed by atoms with van der Waals surface area (Å²) in [6.45, 7) is 0. The predicted octanol–water partition coefficient (Wildman–Crippen LogP) is 4.18. The first kappa shape index (κ1) is 16.3. The molecular formula is C22H18N4O2. The summed E-state index contributed by atoms with van der Waals surface area (Å²) < 4.78 is 7.04. The summed E-state index contributed by atoms with van der Waals surface area (Å²) in [7, 11) is 1.61. The molecule has 0 atom stereocenters. The van der Waals surface area contributed by atoms with Gasteiger partial charge < -0.3 is 25.3 Å². The SMILES string of the molecule is COc1ccn(C=C2C(=O)Nc3ccc(N)c(-c4ccc5cc[nH]c5c4)c32)c1. The Morgan fingerprint density at radius 2 is 2.00 bits per heavy atom. The molecule has 0 bridgehead atoms. The van der Waals surface area contributed by atoms with E-state index in [4.69, 9.17) is 10.5 Å². The highest BCUT2D eigenvalue weighted by molar-refractivity contribution is 6.36. The summed E-state index contributed by atoms with van der Waals surface area (Å²) in [6.07, 6.45) is 7.35. The minimum atomic E-state index is -0.157. The molecule has 0 spiro atoms. The molecule has 4 N–H and O–H groups in total. The Hall–Kier alpha value is -3.93.